The van der Waals surface area contributed by atoms with Gasteiger partial charge in [0.05, 0.1) is 11.5 Å². The summed E-state index contributed by atoms with van der Waals surface area (Å²) in [7, 11) is 0. The maximum Gasteiger partial charge on any atom is 0.143 e. The molecule has 1 aliphatic heterocycles. The van der Waals surface area contributed by atoms with Gasteiger partial charge in [-0.1, -0.05) is 6.92 Å². The van der Waals surface area contributed by atoms with Crippen molar-refractivity contribution >= 4 is 11.3 Å². The van der Waals surface area contributed by atoms with Crippen LogP contribution >= 0.6 is 11.3 Å². The second kappa shape index (κ2) is 3.56. The minimum atomic E-state index is 0.152. The highest BCUT2D eigenvalue weighted by Gasteiger charge is 2.20. The van der Waals surface area contributed by atoms with Crippen LogP contribution in [0.4, 0.5) is 0 Å². The molecule has 0 radical (unpaired) electrons. The zero-order chi connectivity index (χ0) is 8.39. The molecule has 2 nitrogen and oxygen atoms in total. The molecule has 2 rings (SSSR count). The van der Waals surface area contributed by atoms with Gasteiger partial charge < -0.3 is 4.74 Å². The molecule has 0 fully saturated rings. The monoisotopic (exact) mass is 183 g/mol. The molecule has 1 atom stereocenters. The summed E-state index contributed by atoms with van der Waals surface area (Å²) in [5.74, 6) is 0. The molecule has 0 saturated heterocycles. The zero-order valence-corrected chi connectivity index (χ0v) is 7.99. The summed E-state index contributed by atoms with van der Waals surface area (Å²) >= 11 is 1.79. The third kappa shape index (κ3) is 1.40. The predicted octanol–water partition coefficient (Wildman–Crippen LogP) is 1.93. The van der Waals surface area contributed by atoms with E-state index in [0.29, 0.717) is 0 Å². The Morgan fingerprint density at radius 2 is 2.67 bits per heavy atom. The van der Waals surface area contributed by atoms with Gasteiger partial charge in [-0.05, 0) is 30.0 Å². The molecule has 3 heteroatoms. The van der Waals surface area contributed by atoms with Crippen LogP contribution in [-0.2, 0) is 11.2 Å². The number of thiophene rings is 1. The van der Waals surface area contributed by atoms with Gasteiger partial charge in [0.25, 0.3) is 0 Å². The van der Waals surface area contributed by atoms with Crippen molar-refractivity contribution in [2.24, 2.45) is 0 Å². The Kier molecular flexibility index (Phi) is 2.44. The lowest BCUT2D eigenvalue weighted by Crippen LogP contribution is -2.27. The molecule has 1 N–H and O–H groups in total. The van der Waals surface area contributed by atoms with Crippen molar-refractivity contribution in [1.82, 2.24) is 5.32 Å². The lowest BCUT2D eigenvalue weighted by Gasteiger charge is -2.23. The third-order valence-electron chi connectivity index (χ3n) is 2.06. The number of hydrogen-bond donors (Lipinski definition) is 1. The molecular weight excluding hydrogens is 170 g/mol. The molecule has 0 amide bonds. The number of rotatable bonds is 2. The van der Waals surface area contributed by atoms with E-state index in [2.05, 4.69) is 23.7 Å². The molecule has 0 bridgehead atoms. The second-order valence-corrected chi connectivity index (χ2v) is 3.82. The highest BCUT2D eigenvalue weighted by Crippen LogP contribution is 2.29. The Morgan fingerprint density at radius 1 is 1.75 bits per heavy atom. The minimum absolute atomic E-state index is 0.152. The van der Waals surface area contributed by atoms with Crippen molar-refractivity contribution in [3.63, 3.8) is 0 Å². The first-order valence-electron chi connectivity index (χ1n) is 4.33. The zero-order valence-electron chi connectivity index (χ0n) is 7.17. The van der Waals surface area contributed by atoms with Crippen LogP contribution in [0.5, 0.6) is 0 Å². The molecule has 0 spiro atoms. The summed E-state index contributed by atoms with van der Waals surface area (Å²) in [5.41, 5.74) is 1.46. The summed E-state index contributed by atoms with van der Waals surface area (Å²) in [6.45, 7) is 3.91. The SMILES string of the molecule is CCNC1OCCc2ccsc21. The van der Waals surface area contributed by atoms with Gasteiger partial charge in [-0.2, -0.15) is 0 Å². The minimum Gasteiger partial charge on any atom is -0.358 e. The summed E-state index contributed by atoms with van der Waals surface area (Å²) in [6.07, 6.45) is 1.22. The molecule has 66 valence electrons. The lowest BCUT2D eigenvalue weighted by atomic mass is 10.1. The molecule has 1 aromatic heterocycles. The van der Waals surface area contributed by atoms with E-state index in [-0.39, 0.29) is 6.23 Å². The van der Waals surface area contributed by atoms with E-state index in [1.807, 2.05) is 0 Å². The van der Waals surface area contributed by atoms with Crippen molar-refractivity contribution < 1.29 is 4.74 Å². The fraction of sp³-hybridized carbons (Fsp3) is 0.556. The molecule has 1 unspecified atom stereocenters. The molecule has 12 heavy (non-hydrogen) atoms. The Hall–Kier alpha value is -0.380. The van der Waals surface area contributed by atoms with Crippen LogP contribution in [0.25, 0.3) is 0 Å². The van der Waals surface area contributed by atoms with Crippen LogP contribution in [-0.4, -0.2) is 13.2 Å². The first-order chi connectivity index (χ1) is 5.92. The Morgan fingerprint density at radius 3 is 3.50 bits per heavy atom. The molecular formula is C9H13NOS. The van der Waals surface area contributed by atoms with Crippen molar-refractivity contribution in [1.29, 1.82) is 0 Å². The first kappa shape index (κ1) is 8.23. The molecule has 0 saturated carbocycles. The fourth-order valence-corrected chi connectivity index (χ4v) is 2.46. The van der Waals surface area contributed by atoms with E-state index in [1.54, 1.807) is 11.3 Å². The average Bonchev–Trinajstić information content (AvgIpc) is 2.53. The number of hydrogen-bond acceptors (Lipinski definition) is 3. The predicted molar refractivity (Wildman–Crippen MR) is 50.4 cm³/mol. The van der Waals surface area contributed by atoms with E-state index in [4.69, 9.17) is 4.74 Å². The summed E-state index contributed by atoms with van der Waals surface area (Å²) in [5, 5.41) is 5.46. The van der Waals surface area contributed by atoms with Gasteiger partial charge in [0.1, 0.15) is 6.23 Å². The number of nitrogens with one attached hydrogen (secondary N) is 1. The maximum atomic E-state index is 5.60. The van der Waals surface area contributed by atoms with Crippen LogP contribution in [0.1, 0.15) is 23.6 Å². The van der Waals surface area contributed by atoms with Crippen molar-refractivity contribution in [2.75, 3.05) is 13.2 Å². The summed E-state index contributed by atoms with van der Waals surface area (Å²) < 4.78 is 5.60. The van der Waals surface area contributed by atoms with Gasteiger partial charge in [-0.25, -0.2) is 0 Å². The normalized spacial score (nSPS) is 22.2. The van der Waals surface area contributed by atoms with Crippen molar-refractivity contribution in [3.8, 4) is 0 Å². The van der Waals surface area contributed by atoms with E-state index >= 15 is 0 Å². The number of ether oxygens (including phenoxy) is 1. The highest BCUT2D eigenvalue weighted by atomic mass is 32.1. The van der Waals surface area contributed by atoms with Crippen LogP contribution < -0.4 is 5.32 Å². The van der Waals surface area contributed by atoms with Gasteiger partial charge in [0.15, 0.2) is 0 Å². The van der Waals surface area contributed by atoms with E-state index in [1.165, 1.54) is 10.4 Å². The van der Waals surface area contributed by atoms with Gasteiger partial charge in [-0.15, -0.1) is 11.3 Å². The van der Waals surface area contributed by atoms with Crippen molar-refractivity contribution in [3.05, 3.63) is 21.9 Å². The smallest absolute Gasteiger partial charge is 0.143 e. The van der Waals surface area contributed by atoms with Crippen LogP contribution in [0.15, 0.2) is 11.4 Å². The Balaban J connectivity index is 2.19. The van der Waals surface area contributed by atoms with E-state index < -0.39 is 0 Å². The molecule has 0 aliphatic carbocycles. The van der Waals surface area contributed by atoms with Gasteiger partial charge in [0, 0.05) is 0 Å². The Bertz CT molecular complexity index is 259. The lowest BCUT2D eigenvalue weighted by molar-refractivity contribution is 0.0229. The van der Waals surface area contributed by atoms with Crippen molar-refractivity contribution in [2.45, 2.75) is 19.6 Å². The number of fused-ring (bicyclic) bond motifs is 1. The standard InChI is InChI=1S/C9H13NOS/c1-2-10-9-8-7(3-5-11-9)4-6-12-8/h4,6,9-10H,2-3,5H2,1H3. The topological polar surface area (TPSA) is 21.3 Å². The quantitative estimate of drug-likeness (QED) is 0.756. The molecule has 0 aromatic carbocycles. The van der Waals surface area contributed by atoms with Gasteiger partial charge in [-0.3, -0.25) is 5.32 Å². The van der Waals surface area contributed by atoms with Gasteiger partial charge in [0.2, 0.25) is 0 Å². The fourth-order valence-electron chi connectivity index (χ4n) is 1.48. The van der Waals surface area contributed by atoms with Crippen LogP contribution in [0.3, 0.4) is 0 Å². The largest absolute Gasteiger partial charge is 0.358 e. The first-order valence-corrected chi connectivity index (χ1v) is 5.21. The molecule has 2 heterocycles. The van der Waals surface area contributed by atoms with Gasteiger partial charge >= 0.3 is 0 Å². The summed E-state index contributed by atoms with van der Waals surface area (Å²) in [4.78, 5) is 1.36. The highest BCUT2D eigenvalue weighted by molar-refractivity contribution is 7.10. The third-order valence-corrected chi connectivity index (χ3v) is 3.07. The van der Waals surface area contributed by atoms with E-state index in [0.717, 1.165) is 19.6 Å². The average molecular weight is 183 g/mol. The van der Waals surface area contributed by atoms with E-state index in [9.17, 15) is 0 Å². The molecule has 1 aliphatic rings. The van der Waals surface area contributed by atoms with Crippen LogP contribution in [0, 0.1) is 0 Å². The Labute approximate surface area is 76.6 Å². The molecule has 1 aromatic rings. The second-order valence-electron chi connectivity index (χ2n) is 2.87. The van der Waals surface area contributed by atoms with Crippen LogP contribution in [0.2, 0.25) is 0 Å². The maximum absolute atomic E-state index is 5.60. The summed E-state index contributed by atoms with van der Waals surface area (Å²) in [6, 6.07) is 2.20.